The van der Waals surface area contributed by atoms with Crippen LogP contribution in [0.1, 0.15) is 38.1 Å². The Balaban J connectivity index is 1.68. The Hall–Kier alpha value is -1.35. The van der Waals surface area contributed by atoms with Crippen molar-refractivity contribution in [2.75, 3.05) is 5.32 Å². The van der Waals surface area contributed by atoms with Crippen LogP contribution in [0, 0.1) is 12.3 Å². The lowest BCUT2D eigenvalue weighted by atomic mass is 9.92. The first-order valence-corrected chi connectivity index (χ1v) is 8.19. The molecule has 1 atom stereocenters. The third kappa shape index (κ3) is 3.04. The molecule has 3 heteroatoms. The molecule has 2 aromatic rings. The SMILES string of the molecule is Cc1nc(-c2ccc(NC3CCC(C)(C)C3)cc2)cs1. The van der Waals surface area contributed by atoms with Crippen molar-refractivity contribution in [3.63, 3.8) is 0 Å². The molecule has 106 valence electrons. The van der Waals surface area contributed by atoms with Crippen molar-refractivity contribution < 1.29 is 0 Å². The lowest BCUT2D eigenvalue weighted by molar-refractivity contribution is 0.378. The van der Waals surface area contributed by atoms with Crippen LogP contribution in [0.25, 0.3) is 11.3 Å². The van der Waals surface area contributed by atoms with E-state index in [1.165, 1.54) is 30.5 Å². The predicted octanol–water partition coefficient (Wildman–Crippen LogP) is 5.11. The van der Waals surface area contributed by atoms with E-state index in [2.05, 4.69) is 53.8 Å². The molecule has 1 aromatic heterocycles. The molecule has 1 N–H and O–H groups in total. The minimum Gasteiger partial charge on any atom is -0.382 e. The Morgan fingerprint density at radius 3 is 2.55 bits per heavy atom. The highest BCUT2D eigenvalue weighted by atomic mass is 32.1. The van der Waals surface area contributed by atoms with Crippen LogP contribution < -0.4 is 5.32 Å². The third-order valence-corrected chi connectivity index (χ3v) is 4.91. The van der Waals surface area contributed by atoms with E-state index in [1.807, 2.05) is 6.92 Å². The molecular weight excluding hydrogens is 264 g/mol. The summed E-state index contributed by atoms with van der Waals surface area (Å²) in [5.74, 6) is 0. The number of hydrogen-bond acceptors (Lipinski definition) is 3. The molecule has 0 amide bonds. The number of nitrogens with one attached hydrogen (secondary N) is 1. The Bertz CT molecular complexity index is 583. The fourth-order valence-corrected chi connectivity index (χ4v) is 3.65. The van der Waals surface area contributed by atoms with E-state index >= 15 is 0 Å². The van der Waals surface area contributed by atoms with Gasteiger partial charge in [-0.2, -0.15) is 0 Å². The molecule has 20 heavy (non-hydrogen) atoms. The number of aromatic nitrogens is 1. The van der Waals surface area contributed by atoms with Crippen molar-refractivity contribution in [2.45, 2.75) is 46.1 Å². The summed E-state index contributed by atoms with van der Waals surface area (Å²) in [6, 6.07) is 9.30. The van der Waals surface area contributed by atoms with E-state index in [4.69, 9.17) is 0 Å². The lowest BCUT2D eigenvalue weighted by Crippen LogP contribution is -2.17. The van der Waals surface area contributed by atoms with Gasteiger partial charge in [0, 0.05) is 22.7 Å². The molecule has 0 aliphatic heterocycles. The van der Waals surface area contributed by atoms with E-state index in [1.54, 1.807) is 11.3 Å². The molecule has 3 rings (SSSR count). The number of aryl methyl sites for hydroxylation is 1. The number of thiazole rings is 1. The molecule has 0 saturated heterocycles. The lowest BCUT2D eigenvalue weighted by Gasteiger charge is -2.18. The standard InChI is InChI=1S/C17H22N2S/c1-12-18-16(11-20-12)13-4-6-14(7-5-13)19-15-8-9-17(2,3)10-15/h4-7,11,15,19H,8-10H2,1-3H3. The van der Waals surface area contributed by atoms with Gasteiger partial charge in [-0.25, -0.2) is 4.98 Å². The van der Waals surface area contributed by atoms with Gasteiger partial charge in [0.05, 0.1) is 10.7 Å². The van der Waals surface area contributed by atoms with Gasteiger partial charge in [-0.05, 0) is 43.7 Å². The van der Waals surface area contributed by atoms with Crippen LogP contribution in [-0.2, 0) is 0 Å². The monoisotopic (exact) mass is 286 g/mol. The zero-order valence-corrected chi connectivity index (χ0v) is 13.3. The first kappa shape index (κ1) is 13.6. The molecule has 1 saturated carbocycles. The largest absolute Gasteiger partial charge is 0.382 e. The topological polar surface area (TPSA) is 24.9 Å². The normalized spacial score (nSPS) is 21.1. The summed E-state index contributed by atoms with van der Waals surface area (Å²) in [7, 11) is 0. The quantitative estimate of drug-likeness (QED) is 0.848. The smallest absolute Gasteiger partial charge is 0.0901 e. The second kappa shape index (κ2) is 5.21. The van der Waals surface area contributed by atoms with Gasteiger partial charge in [0.25, 0.3) is 0 Å². The van der Waals surface area contributed by atoms with Crippen LogP contribution in [0.4, 0.5) is 5.69 Å². The number of hydrogen-bond donors (Lipinski definition) is 1. The fourth-order valence-electron chi connectivity index (χ4n) is 3.03. The summed E-state index contributed by atoms with van der Waals surface area (Å²) in [5, 5.41) is 6.91. The number of benzene rings is 1. The maximum Gasteiger partial charge on any atom is 0.0901 e. The second-order valence-electron chi connectivity index (χ2n) is 6.58. The second-order valence-corrected chi connectivity index (χ2v) is 7.64. The first-order chi connectivity index (χ1) is 9.52. The predicted molar refractivity (Wildman–Crippen MR) is 87.3 cm³/mol. The summed E-state index contributed by atoms with van der Waals surface area (Å²) in [4.78, 5) is 4.53. The van der Waals surface area contributed by atoms with Crippen molar-refractivity contribution in [3.8, 4) is 11.3 Å². The summed E-state index contributed by atoms with van der Waals surface area (Å²) >= 11 is 1.70. The molecule has 2 nitrogen and oxygen atoms in total. The molecular formula is C17H22N2S. The van der Waals surface area contributed by atoms with Gasteiger partial charge in [-0.1, -0.05) is 26.0 Å². The molecule has 1 aromatic carbocycles. The van der Waals surface area contributed by atoms with E-state index in [9.17, 15) is 0 Å². The minimum atomic E-state index is 0.496. The van der Waals surface area contributed by atoms with Gasteiger partial charge >= 0.3 is 0 Å². The third-order valence-electron chi connectivity index (χ3n) is 4.14. The van der Waals surface area contributed by atoms with Crippen LogP contribution in [0.5, 0.6) is 0 Å². The van der Waals surface area contributed by atoms with E-state index in [0.717, 1.165) is 10.7 Å². The van der Waals surface area contributed by atoms with Gasteiger partial charge in [0.2, 0.25) is 0 Å². The molecule has 1 heterocycles. The fraction of sp³-hybridized carbons (Fsp3) is 0.471. The van der Waals surface area contributed by atoms with Crippen molar-refractivity contribution >= 4 is 17.0 Å². The molecule has 0 radical (unpaired) electrons. The molecule has 0 spiro atoms. The van der Waals surface area contributed by atoms with E-state index in [0.29, 0.717) is 11.5 Å². The average molecular weight is 286 g/mol. The van der Waals surface area contributed by atoms with Crippen molar-refractivity contribution in [3.05, 3.63) is 34.7 Å². The zero-order valence-electron chi connectivity index (χ0n) is 12.4. The summed E-state index contributed by atoms with van der Waals surface area (Å²) in [5.41, 5.74) is 4.01. The van der Waals surface area contributed by atoms with Gasteiger partial charge in [-0.3, -0.25) is 0 Å². The first-order valence-electron chi connectivity index (χ1n) is 7.31. The van der Waals surface area contributed by atoms with Crippen LogP contribution in [-0.4, -0.2) is 11.0 Å². The number of rotatable bonds is 3. The highest BCUT2D eigenvalue weighted by Gasteiger charge is 2.30. The highest BCUT2D eigenvalue weighted by Crippen LogP contribution is 2.38. The number of anilines is 1. The van der Waals surface area contributed by atoms with Crippen LogP contribution in [0.15, 0.2) is 29.6 Å². The van der Waals surface area contributed by atoms with Gasteiger partial charge in [0.15, 0.2) is 0 Å². The Kier molecular flexibility index (Phi) is 3.55. The van der Waals surface area contributed by atoms with Crippen LogP contribution >= 0.6 is 11.3 Å². The molecule has 0 bridgehead atoms. The maximum atomic E-state index is 4.53. The Morgan fingerprint density at radius 1 is 1.25 bits per heavy atom. The molecule has 1 fully saturated rings. The van der Waals surface area contributed by atoms with Crippen molar-refractivity contribution in [1.82, 2.24) is 4.98 Å². The summed E-state index contributed by atoms with van der Waals surface area (Å²) in [6.45, 7) is 6.77. The summed E-state index contributed by atoms with van der Waals surface area (Å²) in [6.07, 6.45) is 3.86. The van der Waals surface area contributed by atoms with Gasteiger partial charge in [-0.15, -0.1) is 11.3 Å². The highest BCUT2D eigenvalue weighted by molar-refractivity contribution is 7.09. The van der Waals surface area contributed by atoms with E-state index in [-0.39, 0.29) is 0 Å². The van der Waals surface area contributed by atoms with Gasteiger partial charge in [0.1, 0.15) is 0 Å². The molecule has 1 aliphatic rings. The minimum absolute atomic E-state index is 0.496. The van der Waals surface area contributed by atoms with Crippen molar-refractivity contribution in [2.24, 2.45) is 5.41 Å². The Morgan fingerprint density at radius 2 is 2.00 bits per heavy atom. The average Bonchev–Trinajstić information content (AvgIpc) is 2.97. The molecule has 1 unspecified atom stereocenters. The maximum absolute atomic E-state index is 4.53. The Labute approximate surface area is 125 Å². The number of nitrogens with zero attached hydrogens (tertiary/aromatic N) is 1. The van der Waals surface area contributed by atoms with E-state index < -0.39 is 0 Å². The van der Waals surface area contributed by atoms with Crippen molar-refractivity contribution in [1.29, 1.82) is 0 Å². The van der Waals surface area contributed by atoms with Crippen LogP contribution in [0.2, 0.25) is 0 Å². The molecule has 1 aliphatic carbocycles. The summed E-state index contributed by atoms with van der Waals surface area (Å²) < 4.78 is 0. The van der Waals surface area contributed by atoms with Crippen LogP contribution in [0.3, 0.4) is 0 Å². The van der Waals surface area contributed by atoms with Gasteiger partial charge < -0.3 is 5.32 Å². The zero-order chi connectivity index (χ0) is 14.2.